The molecule has 3 aromatic heterocycles. The molecule has 180 valence electrons. The Kier molecular flexibility index (Phi) is 5.93. The maximum atomic E-state index is 14.3. The molecule has 0 N–H and O–H groups in total. The lowest BCUT2D eigenvalue weighted by molar-refractivity contribution is 0.145. The lowest BCUT2D eigenvalue weighted by atomic mass is 9.94. The Hall–Kier alpha value is -2.78. The van der Waals surface area contributed by atoms with Gasteiger partial charge in [-0.15, -0.1) is 10.2 Å². The first-order valence-corrected chi connectivity index (χ1v) is 12.1. The number of hydrogen-bond donors (Lipinski definition) is 0. The van der Waals surface area contributed by atoms with E-state index in [1.165, 1.54) is 0 Å². The van der Waals surface area contributed by atoms with Crippen LogP contribution in [0.3, 0.4) is 0 Å². The van der Waals surface area contributed by atoms with Crippen molar-refractivity contribution in [1.29, 1.82) is 0 Å². The molecule has 1 saturated heterocycles. The van der Waals surface area contributed by atoms with Crippen LogP contribution in [-0.2, 0) is 7.05 Å². The molecule has 0 aliphatic carbocycles. The van der Waals surface area contributed by atoms with Gasteiger partial charge in [-0.3, -0.25) is 4.90 Å². The first kappa shape index (κ1) is 23.0. The molecule has 1 fully saturated rings. The summed E-state index contributed by atoms with van der Waals surface area (Å²) in [5.41, 5.74) is 2.76. The molecule has 1 aliphatic heterocycles. The molecular formula is C24H30ClFN8. The average Bonchev–Trinajstić information content (AvgIpc) is 3.37. The fraction of sp³-hybridized carbons (Fsp3) is 0.500. The second kappa shape index (κ2) is 8.78. The zero-order valence-electron chi connectivity index (χ0n) is 20.2. The monoisotopic (exact) mass is 484 g/mol. The Morgan fingerprint density at radius 1 is 1.21 bits per heavy atom. The summed E-state index contributed by atoms with van der Waals surface area (Å²) in [6.45, 7) is 11.1. The summed E-state index contributed by atoms with van der Waals surface area (Å²) in [7, 11) is 2.00. The van der Waals surface area contributed by atoms with Gasteiger partial charge in [-0.2, -0.15) is 4.98 Å². The number of rotatable bonds is 5. The zero-order valence-corrected chi connectivity index (χ0v) is 21.0. The van der Waals surface area contributed by atoms with Crippen molar-refractivity contribution in [3.05, 3.63) is 46.8 Å². The fourth-order valence-corrected chi connectivity index (χ4v) is 5.19. The fourth-order valence-electron chi connectivity index (χ4n) is 5.07. The van der Waals surface area contributed by atoms with Crippen LogP contribution >= 0.6 is 11.6 Å². The van der Waals surface area contributed by atoms with Crippen LogP contribution in [0.25, 0.3) is 16.9 Å². The number of imidazole rings is 1. The number of benzene rings is 1. The zero-order chi connectivity index (χ0) is 24.1. The number of piperazine rings is 1. The van der Waals surface area contributed by atoms with E-state index in [2.05, 4.69) is 40.8 Å². The molecule has 5 rings (SSSR count). The van der Waals surface area contributed by atoms with Gasteiger partial charge in [-0.25, -0.2) is 13.8 Å². The third-order valence-electron chi connectivity index (χ3n) is 6.86. The van der Waals surface area contributed by atoms with E-state index in [-0.39, 0.29) is 22.9 Å². The minimum atomic E-state index is -0.363. The average molecular weight is 485 g/mol. The van der Waals surface area contributed by atoms with E-state index < -0.39 is 0 Å². The second-order valence-electron chi connectivity index (χ2n) is 9.68. The van der Waals surface area contributed by atoms with E-state index in [4.69, 9.17) is 21.6 Å². The van der Waals surface area contributed by atoms with Crippen LogP contribution in [0.2, 0.25) is 5.02 Å². The smallest absolute Gasteiger partial charge is 0.258 e. The van der Waals surface area contributed by atoms with Gasteiger partial charge in [0.1, 0.15) is 23.5 Å². The molecule has 0 spiro atoms. The van der Waals surface area contributed by atoms with Crippen LogP contribution in [0.4, 0.5) is 10.2 Å². The van der Waals surface area contributed by atoms with E-state index in [0.29, 0.717) is 11.7 Å². The van der Waals surface area contributed by atoms with Crippen molar-refractivity contribution >= 4 is 34.4 Å². The summed E-state index contributed by atoms with van der Waals surface area (Å²) >= 11 is 5.96. The van der Waals surface area contributed by atoms with Crippen LogP contribution in [-0.4, -0.2) is 59.7 Å². The summed E-state index contributed by atoms with van der Waals surface area (Å²) in [5, 5.41) is 8.43. The highest BCUT2D eigenvalue weighted by atomic mass is 35.5. The van der Waals surface area contributed by atoms with Gasteiger partial charge in [-0.05, 0) is 43.9 Å². The highest BCUT2D eigenvalue weighted by Crippen LogP contribution is 2.34. The Morgan fingerprint density at radius 2 is 2.00 bits per heavy atom. The van der Waals surface area contributed by atoms with E-state index in [1.807, 2.05) is 29.0 Å². The van der Waals surface area contributed by atoms with Crippen molar-refractivity contribution in [2.75, 3.05) is 24.5 Å². The van der Waals surface area contributed by atoms with Gasteiger partial charge in [0.05, 0.1) is 5.02 Å². The van der Waals surface area contributed by atoms with Crippen molar-refractivity contribution in [2.24, 2.45) is 13.0 Å². The molecule has 10 heteroatoms. The minimum absolute atomic E-state index is 0.125. The molecule has 0 bridgehead atoms. The molecule has 4 heterocycles. The van der Waals surface area contributed by atoms with E-state index >= 15 is 0 Å². The van der Waals surface area contributed by atoms with Gasteiger partial charge in [0.25, 0.3) is 5.78 Å². The largest absolute Gasteiger partial charge is 0.349 e. The van der Waals surface area contributed by atoms with Crippen LogP contribution in [0, 0.1) is 18.7 Å². The Labute approximate surface area is 203 Å². The van der Waals surface area contributed by atoms with Crippen molar-refractivity contribution in [2.45, 2.75) is 46.2 Å². The van der Waals surface area contributed by atoms with Gasteiger partial charge in [0.15, 0.2) is 11.5 Å². The van der Waals surface area contributed by atoms with Crippen LogP contribution in [0.5, 0.6) is 0 Å². The normalized spacial score (nSPS) is 18.5. The lowest BCUT2D eigenvalue weighted by Gasteiger charge is -2.44. The summed E-state index contributed by atoms with van der Waals surface area (Å²) in [4.78, 5) is 14.4. The van der Waals surface area contributed by atoms with Crippen molar-refractivity contribution in [3.8, 4) is 0 Å². The van der Waals surface area contributed by atoms with Gasteiger partial charge in [0.2, 0.25) is 0 Å². The first-order valence-electron chi connectivity index (χ1n) is 11.7. The van der Waals surface area contributed by atoms with Crippen molar-refractivity contribution in [1.82, 2.24) is 34.0 Å². The molecule has 0 saturated carbocycles. The van der Waals surface area contributed by atoms with E-state index in [1.54, 1.807) is 18.5 Å². The molecule has 1 aliphatic rings. The van der Waals surface area contributed by atoms with E-state index in [0.717, 1.165) is 54.4 Å². The number of aryl methyl sites for hydroxylation is 2. The van der Waals surface area contributed by atoms with Crippen LogP contribution in [0.15, 0.2) is 24.5 Å². The molecule has 34 heavy (non-hydrogen) atoms. The number of fused-ring (bicyclic) bond motifs is 3. The molecular weight excluding hydrogens is 455 g/mol. The predicted octanol–water partition coefficient (Wildman–Crippen LogP) is 4.41. The third-order valence-corrected chi connectivity index (χ3v) is 7.17. The molecule has 8 nitrogen and oxygen atoms in total. The first-order chi connectivity index (χ1) is 16.2. The Balaban J connectivity index is 1.48. The number of nitrogens with zero attached hydrogens (tertiary/aromatic N) is 8. The summed E-state index contributed by atoms with van der Waals surface area (Å²) in [5.74, 6) is 2.43. The van der Waals surface area contributed by atoms with Gasteiger partial charge in [-0.1, -0.05) is 31.5 Å². The predicted molar refractivity (Wildman–Crippen MR) is 132 cm³/mol. The minimum Gasteiger partial charge on any atom is -0.349 e. The second-order valence-corrected chi connectivity index (χ2v) is 10.1. The summed E-state index contributed by atoms with van der Waals surface area (Å²) < 4.78 is 18.2. The standard InChI is InChI=1S/C24H30ClFN8/c1-14(2)10-20(17-6-7-18(25)19(26)11-17)32-8-9-33(15(3)12-32)22-21-23(31(5)16(4)28-21)34-13-27-30-24(34)29-22/h6-7,11,13-15,20H,8-10,12H2,1-5H3. The van der Waals surface area contributed by atoms with E-state index in [9.17, 15) is 4.39 Å². The SMILES string of the molecule is Cc1nc2c(N3CCN(C(CC(C)C)c4ccc(Cl)c(F)c4)CC3C)nc3nncn3c2n1C. The molecule has 0 amide bonds. The molecule has 4 aromatic rings. The molecule has 2 atom stereocenters. The highest BCUT2D eigenvalue weighted by Gasteiger charge is 2.32. The lowest BCUT2D eigenvalue weighted by Crippen LogP contribution is -2.53. The number of anilines is 1. The van der Waals surface area contributed by atoms with Crippen LogP contribution < -0.4 is 4.90 Å². The molecule has 2 unspecified atom stereocenters. The Morgan fingerprint density at radius 3 is 2.71 bits per heavy atom. The number of hydrogen-bond acceptors (Lipinski definition) is 6. The quantitative estimate of drug-likeness (QED) is 0.418. The van der Waals surface area contributed by atoms with Gasteiger partial charge < -0.3 is 9.47 Å². The van der Waals surface area contributed by atoms with Crippen molar-refractivity contribution in [3.63, 3.8) is 0 Å². The molecule has 0 radical (unpaired) electrons. The summed E-state index contributed by atoms with van der Waals surface area (Å²) in [6, 6.07) is 5.52. The number of aromatic nitrogens is 6. The van der Waals surface area contributed by atoms with Gasteiger partial charge in [0, 0.05) is 38.8 Å². The van der Waals surface area contributed by atoms with Gasteiger partial charge >= 0.3 is 0 Å². The number of halogens is 2. The maximum Gasteiger partial charge on any atom is 0.258 e. The van der Waals surface area contributed by atoms with Crippen LogP contribution in [0.1, 0.15) is 44.6 Å². The molecule has 1 aromatic carbocycles. The Bertz CT molecular complexity index is 1350. The third kappa shape index (κ3) is 3.90. The van der Waals surface area contributed by atoms with Crippen molar-refractivity contribution < 1.29 is 4.39 Å². The summed E-state index contributed by atoms with van der Waals surface area (Å²) in [6.07, 6.45) is 2.63. The maximum absolute atomic E-state index is 14.3. The topological polar surface area (TPSA) is 67.4 Å². The highest BCUT2D eigenvalue weighted by molar-refractivity contribution is 6.30.